The van der Waals surface area contributed by atoms with Crippen LogP contribution in [-0.4, -0.2) is 38.4 Å². The fraction of sp³-hybridized carbons (Fsp3) is 0.471. The largest absolute Gasteiger partial charge is 0.396 e. The zero-order valence-electron chi connectivity index (χ0n) is 13.3. The number of carbonyl (C=O) groups is 1. The number of nitrogens with one attached hydrogen (secondary N) is 1. The second-order valence-electron chi connectivity index (χ2n) is 6.15. The average molecular weight is 314 g/mol. The normalized spacial score (nSPS) is 21.1. The summed E-state index contributed by atoms with van der Waals surface area (Å²) in [6.07, 6.45) is 7.27. The number of amides is 1. The van der Waals surface area contributed by atoms with E-state index in [2.05, 4.69) is 15.4 Å². The van der Waals surface area contributed by atoms with Crippen LogP contribution in [0, 0.1) is 12.8 Å². The van der Waals surface area contributed by atoms with Crippen molar-refractivity contribution < 1.29 is 9.90 Å². The van der Waals surface area contributed by atoms with Crippen LogP contribution in [0.5, 0.6) is 0 Å². The Labute approximate surface area is 135 Å². The summed E-state index contributed by atoms with van der Waals surface area (Å²) in [4.78, 5) is 16.4. The molecule has 0 bridgehead atoms. The van der Waals surface area contributed by atoms with Gasteiger partial charge in [0.1, 0.15) is 12.7 Å². The van der Waals surface area contributed by atoms with Crippen molar-refractivity contribution in [3.63, 3.8) is 0 Å². The van der Waals surface area contributed by atoms with E-state index < -0.39 is 0 Å². The molecular weight excluding hydrogens is 292 g/mol. The first-order chi connectivity index (χ1) is 11.2. The minimum Gasteiger partial charge on any atom is -0.396 e. The number of hydrogen-bond donors (Lipinski definition) is 2. The highest BCUT2D eigenvalue weighted by Gasteiger charge is 2.26. The van der Waals surface area contributed by atoms with E-state index in [0.29, 0.717) is 5.56 Å². The fourth-order valence-electron chi connectivity index (χ4n) is 3.25. The van der Waals surface area contributed by atoms with Crippen LogP contribution in [0.1, 0.15) is 41.6 Å². The third-order valence-electron chi connectivity index (χ3n) is 4.58. The Bertz CT molecular complexity index is 669. The van der Waals surface area contributed by atoms with E-state index in [-0.39, 0.29) is 24.5 Å². The monoisotopic (exact) mass is 314 g/mol. The first-order valence-electron chi connectivity index (χ1n) is 8.06. The smallest absolute Gasteiger partial charge is 0.251 e. The number of aliphatic hydroxyl groups is 1. The molecule has 0 saturated heterocycles. The molecule has 2 aromatic rings. The number of benzene rings is 1. The van der Waals surface area contributed by atoms with Crippen LogP contribution < -0.4 is 5.32 Å². The quantitative estimate of drug-likeness (QED) is 0.902. The summed E-state index contributed by atoms with van der Waals surface area (Å²) in [5, 5.41) is 16.7. The number of aliphatic hydroxyl groups excluding tert-OH is 1. The Balaban J connectivity index is 1.74. The average Bonchev–Trinajstić information content (AvgIpc) is 3.09. The minimum atomic E-state index is -0.0800. The maximum absolute atomic E-state index is 12.5. The van der Waals surface area contributed by atoms with Crippen LogP contribution in [0.4, 0.5) is 0 Å². The number of rotatable bonds is 4. The molecule has 0 aliphatic heterocycles. The maximum atomic E-state index is 12.5. The lowest BCUT2D eigenvalue weighted by Gasteiger charge is -2.30. The molecule has 122 valence electrons. The van der Waals surface area contributed by atoms with Gasteiger partial charge in [-0.1, -0.05) is 12.8 Å². The van der Waals surface area contributed by atoms with Gasteiger partial charge in [0.15, 0.2) is 0 Å². The summed E-state index contributed by atoms with van der Waals surface area (Å²) >= 11 is 0. The van der Waals surface area contributed by atoms with E-state index in [4.69, 9.17) is 0 Å². The van der Waals surface area contributed by atoms with E-state index >= 15 is 0 Å². The van der Waals surface area contributed by atoms with E-state index in [1.54, 1.807) is 17.1 Å². The maximum Gasteiger partial charge on any atom is 0.251 e. The lowest BCUT2D eigenvalue weighted by molar-refractivity contribution is 0.0872. The molecule has 2 unspecified atom stereocenters. The highest BCUT2D eigenvalue weighted by Crippen LogP contribution is 2.24. The van der Waals surface area contributed by atoms with Crippen molar-refractivity contribution in [2.45, 2.75) is 38.6 Å². The molecule has 2 N–H and O–H groups in total. The van der Waals surface area contributed by atoms with Gasteiger partial charge in [0.2, 0.25) is 0 Å². The van der Waals surface area contributed by atoms with Gasteiger partial charge in [-0.15, -0.1) is 0 Å². The molecule has 23 heavy (non-hydrogen) atoms. The Morgan fingerprint density at radius 2 is 2.22 bits per heavy atom. The van der Waals surface area contributed by atoms with Gasteiger partial charge in [-0.3, -0.25) is 4.79 Å². The van der Waals surface area contributed by atoms with Gasteiger partial charge in [-0.25, -0.2) is 9.67 Å². The molecule has 1 heterocycles. The number of nitrogens with zero attached hydrogens (tertiary/aromatic N) is 3. The molecule has 0 spiro atoms. The van der Waals surface area contributed by atoms with Crippen LogP contribution in [0.2, 0.25) is 0 Å². The predicted octanol–water partition coefficient (Wildman–Crippen LogP) is 1.86. The lowest BCUT2D eigenvalue weighted by atomic mass is 9.85. The number of aromatic nitrogens is 3. The fourth-order valence-corrected chi connectivity index (χ4v) is 3.25. The van der Waals surface area contributed by atoms with Crippen molar-refractivity contribution in [2.24, 2.45) is 5.92 Å². The van der Waals surface area contributed by atoms with E-state index in [9.17, 15) is 9.90 Å². The van der Waals surface area contributed by atoms with Gasteiger partial charge in [0.05, 0.1) is 5.69 Å². The van der Waals surface area contributed by atoms with Gasteiger partial charge in [-0.2, -0.15) is 5.10 Å². The second kappa shape index (κ2) is 6.91. The Morgan fingerprint density at radius 3 is 2.91 bits per heavy atom. The molecule has 1 aliphatic carbocycles. The molecule has 0 radical (unpaired) electrons. The molecule has 6 nitrogen and oxygen atoms in total. The molecule has 2 atom stereocenters. The summed E-state index contributed by atoms with van der Waals surface area (Å²) in [7, 11) is 0. The molecule has 1 aromatic heterocycles. The molecule has 1 amide bonds. The SMILES string of the molecule is Cc1cc(C(=O)NC2CCCCC2CO)ccc1-n1cncn1. The second-order valence-corrected chi connectivity index (χ2v) is 6.15. The molecule has 1 fully saturated rings. The first kappa shape index (κ1) is 15.7. The van der Waals surface area contributed by atoms with Gasteiger partial charge in [0.25, 0.3) is 5.91 Å². The topological polar surface area (TPSA) is 80.0 Å². The van der Waals surface area contributed by atoms with Crippen LogP contribution >= 0.6 is 0 Å². The van der Waals surface area contributed by atoms with Gasteiger partial charge >= 0.3 is 0 Å². The van der Waals surface area contributed by atoms with E-state index in [0.717, 1.165) is 36.9 Å². The molecular formula is C17H22N4O2. The third-order valence-corrected chi connectivity index (χ3v) is 4.58. The molecule has 6 heteroatoms. The number of aryl methyl sites for hydroxylation is 1. The Hall–Kier alpha value is -2.21. The van der Waals surface area contributed by atoms with Crippen molar-refractivity contribution >= 4 is 5.91 Å². The van der Waals surface area contributed by atoms with Crippen molar-refractivity contribution in [1.29, 1.82) is 0 Å². The minimum absolute atomic E-state index is 0.0662. The molecule has 3 rings (SSSR count). The summed E-state index contributed by atoms with van der Waals surface area (Å²) in [6, 6.07) is 5.61. The lowest BCUT2D eigenvalue weighted by Crippen LogP contribution is -2.43. The van der Waals surface area contributed by atoms with Crippen molar-refractivity contribution in [3.8, 4) is 5.69 Å². The number of carbonyl (C=O) groups excluding carboxylic acids is 1. The summed E-state index contributed by atoms with van der Waals surface area (Å²) in [5.41, 5.74) is 2.50. The van der Waals surface area contributed by atoms with Crippen LogP contribution in [0.25, 0.3) is 5.69 Å². The zero-order chi connectivity index (χ0) is 16.2. The van der Waals surface area contributed by atoms with Crippen molar-refractivity contribution in [2.75, 3.05) is 6.61 Å². The van der Waals surface area contributed by atoms with Gasteiger partial charge in [0, 0.05) is 24.1 Å². The predicted molar refractivity (Wildman–Crippen MR) is 86.4 cm³/mol. The Kier molecular flexibility index (Phi) is 4.71. The summed E-state index contributed by atoms with van der Waals surface area (Å²) in [5.74, 6) is 0.0896. The highest BCUT2D eigenvalue weighted by molar-refractivity contribution is 5.94. The third kappa shape index (κ3) is 3.42. The van der Waals surface area contributed by atoms with Crippen LogP contribution in [-0.2, 0) is 0 Å². The van der Waals surface area contributed by atoms with E-state index in [1.807, 2.05) is 19.1 Å². The van der Waals surface area contributed by atoms with Crippen molar-refractivity contribution in [3.05, 3.63) is 42.0 Å². The Morgan fingerprint density at radius 1 is 1.39 bits per heavy atom. The van der Waals surface area contributed by atoms with Gasteiger partial charge in [-0.05, 0) is 43.5 Å². The van der Waals surface area contributed by atoms with E-state index in [1.165, 1.54) is 6.33 Å². The zero-order valence-corrected chi connectivity index (χ0v) is 13.3. The van der Waals surface area contributed by atoms with Crippen LogP contribution in [0.15, 0.2) is 30.9 Å². The first-order valence-corrected chi connectivity index (χ1v) is 8.06. The summed E-state index contributed by atoms with van der Waals surface area (Å²) < 4.78 is 1.68. The van der Waals surface area contributed by atoms with Gasteiger partial charge < -0.3 is 10.4 Å². The summed E-state index contributed by atoms with van der Waals surface area (Å²) in [6.45, 7) is 2.08. The van der Waals surface area contributed by atoms with Crippen LogP contribution in [0.3, 0.4) is 0 Å². The highest BCUT2D eigenvalue weighted by atomic mass is 16.3. The number of hydrogen-bond acceptors (Lipinski definition) is 4. The molecule has 1 aromatic carbocycles. The molecule has 1 saturated carbocycles. The van der Waals surface area contributed by atoms with Crippen molar-refractivity contribution in [1.82, 2.24) is 20.1 Å². The molecule has 1 aliphatic rings. The standard InChI is InChI=1S/C17H22N4O2/c1-12-8-13(6-7-16(12)21-11-18-10-19-21)17(23)20-15-5-3-2-4-14(15)9-22/h6-8,10-11,14-15,22H,2-5,9H2,1H3,(H,20,23).